The standard InChI is InChI=1S/C17H32N4/c18-17(20-14-7-4-5-8-14)19-13-16-11-6-12-21(16)15-9-2-1-3-10-15/h14-16H,1-13H2,(H3,18,19,20). The number of likely N-dealkylation sites (tertiary alicyclic amines) is 1. The molecule has 21 heavy (non-hydrogen) atoms. The van der Waals surface area contributed by atoms with Gasteiger partial charge in [0.25, 0.3) is 0 Å². The maximum Gasteiger partial charge on any atom is 0.188 e. The lowest BCUT2D eigenvalue weighted by Crippen LogP contribution is -2.43. The predicted molar refractivity (Wildman–Crippen MR) is 88.5 cm³/mol. The molecule has 4 nitrogen and oxygen atoms in total. The first-order chi connectivity index (χ1) is 10.3. The summed E-state index contributed by atoms with van der Waals surface area (Å²) in [6.07, 6.45) is 14.9. The number of hydrogen-bond acceptors (Lipinski definition) is 2. The summed E-state index contributed by atoms with van der Waals surface area (Å²) in [7, 11) is 0. The summed E-state index contributed by atoms with van der Waals surface area (Å²) in [5.41, 5.74) is 6.08. The Balaban J connectivity index is 1.48. The van der Waals surface area contributed by atoms with E-state index in [1.54, 1.807) is 0 Å². The number of nitrogens with two attached hydrogens (primary N) is 1. The summed E-state index contributed by atoms with van der Waals surface area (Å²) in [6, 6.07) is 2.04. The minimum atomic E-state index is 0.576. The van der Waals surface area contributed by atoms with Gasteiger partial charge in [0.05, 0.1) is 6.54 Å². The lowest BCUT2D eigenvalue weighted by atomic mass is 9.94. The zero-order chi connectivity index (χ0) is 14.5. The molecule has 0 aromatic carbocycles. The molecule has 3 N–H and O–H groups in total. The Morgan fingerprint density at radius 2 is 1.67 bits per heavy atom. The predicted octanol–water partition coefficient (Wildman–Crippen LogP) is 2.63. The van der Waals surface area contributed by atoms with Crippen LogP contribution in [-0.4, -0.2) is 42.1 Å². The Bertz CT molecular complexity index is 343. The summed E-state index contributed by atoms with van der Waals surface area (Å²) in [4.78, 5) is 7.40. The van der Waals surface area contributed by atoms with Crippen molar-refractivity contribution in [3.8, 4) is 0 Å². The van der Waals surface area contributed by atoms with Gasteiger partial charge in [-0.25, -0.2) is 0 Å². The highest BCUT2D eigenvalue weighted by Crippen LogP contribution is 2.29. The number of nitrogens with one attached hydrogen (secondary N) is 1. The van der Waals surface area contributed by atoms with E-state index in [-0.39, 0.29) is 0 Å². The monoisotopic (exact) mass is 292 g/mol. The van der Waals surface area contributed by atoms with Crippen molar-refractivity contribution in [2.75, 3.05) is 13.1 Å². The molecule has 1 aliphatic heterocycles. The molecule has 0 amide bonds. The van der Waals surface area contributed by atoms with E-state index >= 15 is 0 Å². The first-order valence-corrected chi connectivity index (χ1v) is 9.15. The van der Waals surface area contributed by atoms with Crippen molar-refractivity contribution in [2.24, 2.45) is 10.7 Å². The normalized spacial score (nSPS) is 30.1. The van der Waals surface area contributed by atoms with Crippen LogP contribution in [0.3, 0.4) is 0 Å². The fraction of sp³-hybridized carbons (Fsp3) is 0.941. The summed E-state index contributed by atoms with van der Waals surface area (Å²) >= 11 is 0. The van der Waals surface area contributed by atoms with Crippen LogP contribution >= 0.6 is 0 Å². The fourth-order valence-corrected chi connectivity index (χ4v) is 4.48. The fourth-order valence-electron chi connectivity index (χ4n) is 4.48. The van der Waals surface area contributed by atoms with Crippen LogP contribution in [-0.2, 0) is 0 Å². The Morgan fingerprint density at radius 1 is 0.952 bits per heavy atom. The smallest absolute Gasteiger partial charge is 0.188 e. The van der Waals surface area contributed by atoms with Crippen LogP contribution in [0.15, 0.2) is 4.99 Å². The van der Waals surface area contributed by atoms with Gasteiger partial charge in [0.1, 0.15) is 0 Å². The third-order valence-corrected chi connectivity index (χ3v) is 5.65. The Kier molecular flexibility index (Phi) is 5.39. The van der Waals surface area contributed by atoms with Gasteiger partial charge in [0, 0.05) is 18.1 Å². The van der Waals surface area contributed by atoms with Crippen LogP contribution in [0.25, 0.3) is 0 Å². The average molecular weight is 292 g/mol. The molecule has 2 aliphatic carbocycles. The lowest BCUT2D eigenvalue weighted by molar-refractivity contribution is 0.145. The largest absolute Gasteiger partial charge is 0.370 e. The molecule has 0 aromatic heterocycles. The van der Waals surface area contributed by atoms with Gasteiger partial charge in [-0.3, -0.25) is 9.89 Å². The average Bonchev–Trinajstić information content (AvgIpc) is 3.17. The Hall–Kier alpha value is -0.770. The van der Waals surface area contributed by atoms with Gasteiger partial charge in [0.2, 0.25) is 0 Å². The zero-order valence-corrected chi connectivity index (χ0v) is 13.4. The van der Waals surface area contributed by atoms with E-state index in [4.69, 9.17) is 5.73 Å². The third-order valence-electron chi connectivity index (χ3n) is 5.65. The van der Waals surface area contributed by atoms with Crippen molar-refractivity contribution in [1.29, 1.82) is 0 Å². The van der Waals surface area contributed by atoms with Crippen LogP contribution in [0, 0.1) is 0 Å². The molecule has 0 bridgehead atoms. The van der Waals surface area contributed by atoms with Crippen molar-refractivity contribution >= 4 is 5.96 Å². The van der Waals surface area contributed by atoms with E-state index in [9.17, 15) is 0 Å². The van der Waals surface area contributed by atoms with Gasteiger partial charge in [-0.2, -0.15) is 0 Å². The SMILES string of the molecule is NC(=NCC1CCCN1C1CCCCC1)NC1CCCC1. The van der Waals surface area contributed by atoms with E-state index in [0.717, 1.165) is 12.6 Å². The molecular weight excluding hydrogens is 260 g/mol. The molecule has 1 heterocycles. The van der Waals surface area contributed by atoms with Gasteiger partial charge < -0.3 is 11.1 Å². The van der Waals surface area contributed by atoms with Crippen molar-refractivity contribution in [3.05, 3.63) is 0 Å². The van der Waals surface area contributed by atoms with Crippen molar-refractivity contribution in [2.45, 2.75) is 88.8 Å². The van der Waals surface area contributed by atoms with E-state index in [2.05, 4.69) is 15.2 Å². The molecule has 4 heteroatoms. The Morgan fingerprint density at radius 3 is 2.43 bits per heavy atom. The Labute approximate surface area is 129 Å². The van der Waals surface area contributed by atoms with Crippen molar-refractivity contribution in [3.63, 3.8) is 0 Å². The number of nitrogens with zero attached hydrogens (tertiary/aromatic N) is 2. The maximum atomic E-state index is 6.08. The maximum absolute atomic E-state index is 6.08. The second-order valence-electron chi connectivity index (χ2n) is 7.18. The highest BCUT2D eigenvalue weighted by atomic mass is 15.2. The molecule has 1 saturated heterocycles. The van der Waals surface area contributed by atoms with Crippen molar-refractivity contribution < 1.29 is 0 Å². The molecule has 0 aromatic rings. The number of aliphatic imine (C=N–C) groups is 1. The molecule has 3 fully saturated rings. The second-order valence-corrected chi connectivity index (χ2v) is 7.18. The summed E-state index contributed by atoms with van der Waals surface area (Å²) < 4.78 is 0. The number of rotatable bonds is 4. The van der Waals surface area contributed by atoms with Gasteiger partial charge in [-0.05, 0) is 45.1 Å². The molecule has 120 valence electrons. The summed E-state index contributed by atoms with van der Waals surface area (Å²) in [6.45, 7) is 2.17. The second kappa shape index (κ2) is 7.48. The van der Waals surface area contributed by atoms with Crippen LogP contribution in [0.4, 0.5) is 0 Å². The van der Waals surface area contributed by atoms with E-state index < -0.39 is 0 Å². The van der Waals surface area contributed by atoms with Gasteiger partial charge in [-0.1, -0.05) is 32.1 Å². The molecule has 3 aliphatic rings. The molecule has 3 rings (SSSR count). The van der Waals surface area contributed by atoms with Crippen molar-refractivity contribution in [1.82, 2.24) is 10.2 Å². The minimum absolute atomic E-state index is 0.576. The first kappa shape index (κ1) is 15.1. The molecule has 0 spiro atoms. The number of guanidine groups is 1. The highest BCUT2D eigenvalue weighted by Gasteiger charge is 2.31. The number of hydrogen-bond donors (Lipinski definition) is 2. The summed E-state index contributed by atoms with van der Waals surface area (Å²) in [5.74, 6) is 0.678. The lowest BCUT2D eigenvalue weighted by Gasteiger charge is -2.35. The quantitative estimate of drug-likeness (QED) is 0.618. The molecular formula is C17H32N4. The van der Waals surface area contributed by atoms with Crippen LogP contribution < -0.4 is 11.1 Å². The van der Waals surface area contributed by atoms with Crippen LogP contribution in [0.1, 0.15) is 70.6 Å². The highest BCUT2D eigenvalue weighted by molar-refractivity contribution is 5.78. The first-order valence-electron chi connectivity index (χ1n) is 9.15. The molecule has 2 saturated carbocycles. The van der Waals surface area contributed by atoms with E-state index in [1.165, 1.54) is 77.2 Å². The van der Waals surface area contributed by atoms with E-state index in [1.807, 2.05) is 0 Å². The zero-order valence-electron chi connectivity index (χ0n) is 13.4. The van der Waals surface area contributed by atoms with Gasteiger partial charge >= 0.3 is 0 Å². The molecule has 1 unspecified atom stereocenters. The molecule has 1 atom stereocenters. The van der Waals surface area contributed by atoms with Gasteiger partial charge in [0.15, 0.2) is 5.96 Å². The molecule has 0 radical (unpaired) electrons. The van der Waals surface area contributed by atoms with Crippen LogP contribution in [0.5, 0.6) is 0 Å². The van der Waals surface area contributed by atoms with Crippen LogP contribution in [0.2, 0.25) is 0 Å². The van der Waals surface area contributed by atoms with Gasteiger partial charge in [-0.15, -0.1) is 0 Å². The van der Waals surface area contributed by atoms with E-state index in [0.29, 0.717) is 18.0 Å². The minimum Gasteiger partial charge on any atom is -0.370 e. The summed E-state index contributed by atoms with van der Waals surface area (Å²) in [5, 5.41) is 3.41. The topological polar surface area (TPSA) is 53.6 Å². The third kappa shape index (κ3) is 4.12.